The van der Waals surface area contributed by atoms with Crippen molar-refractivity contribution in [3.05, 3.63) is 163 Å². The van der Waals surface area contributed by atoms with Gasteiger partial charge in [-0.05, 0) is 103 Å². The van der Waals surface area contributed by atoms with E-state index in [0.717, 1.165) is 54.0 Å². The predicted molar refractivity (Wildman–Crippen MR) is 238 cm³/mol. The third-order valence-electron chi connectivity index (χ3n) is 11.4. The van der Waals surface area contributed by atoms with E-state index in [1.807, 2.05) is 60.7 Å². The molecule has 3 saturated heterocycles. The number of esters is 1. The maximum absolute atomic E-state index is 13.2. The molecule has 63 heavy (non-hydrogen) atoms. The molecule has 0 aliphatic carbocycles. The Bertz CT molecular complexity index is 2590. The monoisotopic (exact) mass is 871 g/mol. The first-order valence-electron chi connectivity index (χ1n) is 21.0. The number of pyridine rings is 1. The van der Waals surface area contributed by atoms with Crippen LogP contribution in [0.5, 0.6) is 11.5 Å². The average Bonchev–Trinajstić information content (AvgIpc) is 3.79. The number of phenols is 1. The molecule has 2 unspecified atom stereocenters. The van der Waals surface area contributed by atoms with Gasteiger partial charge in [0.2, 0.25) is 5.56 Å². The van der Waals surface area contributed by atoms with Crippen molar-refractivity contribution in [3.63, 3.8) is 0 Å². The number of aliphatic hydroxyl groups is 1. The number of phenolic OH excluding ortho intramolecular Hbond substituents is 1. The summed E-state index contributed by atoms with van der Waals surface area (Å²) in [5.41, 5.74) is 3.45. The number of hydrogen-bond acceptors (Lipinski definition) is 12. The highest BCUT2D eigenvalue weighted by Crippen LogP contribution is 2.32. The Morgan fingerprint density at radius 3 is 2.46 bits per heavy atom. The number of carbonyl (C=O) groups is 3. The lowest BCUT2D eigenvalue weighted by Crippen LogP contribution is -2.52. The van der Waals surface area contributed by atoms with Crippen LogP contribution in [-0.2, 0) is 22.6 Å². The lowest BCUT2D eigenvalue weighted by molar-refractivity contribution is -0.0336. The molecule has 15 heteroatoms. The summed E-state index contributed by atoms with van der Waals surface area (Å²) >= 11 is 1.30. The first kappa shape index (κ1) is 43.1. The van der Waals surface area contributed by atoms with Crippen molar-refractivity contribution in [1.29, 1.82) is 0 Å². The maximum Gasteiger partial charge on any atom is 0.408 e. The third-order valence-corrected chi connectivity index (χ3v) is 12.5. The van der Waals surface area contributed by atoms with E-state index in [1.54, 1.807) is 42.5 Å². The van der Waals surface area contributed by atoms with E-state index in [9.17, 15) is 29.4 Å². The molecule has 2 aromatic heterocycles. The van der Waals surface area contributed by atoms with Crippen LogP contribution < -0.4 is 26.2 Å². The van der Waals surface area contributed by atoms with E-state index in [-0.39, 0.29) is 55.1 Å². The number of aromatic nitrogens is 1. The number of amides is 2. The van der Waals surface area contributed by atoms with Crippen LogP contribution in [0.25, 0.3) is 10.9 Å². The molecule has 14 nitrogen and oxygen atoms in total. The molecule has 3 aliphatic heterocycles. The van der Waals surface area contributed by atoms with Crippen LogP contribution in [-0.4, -0.2) is 83.5 Å². The van der Waals surface area contributed by atoms with Crippen molar-refractivity contribution in [2.45, 2.75) is 44.2 Å². The molecule has 3 fully saturated rings. The van der Waals surface area contributed by atoms with E-state index < -0.39 is 24.2 Å². The number of aromatic amines is 1. The number of ether oxygens (including phenoxy) is 3. The molecule has 0 saturated carbocycles. The second-order valence-corrected chi connectivity index (χ2v) is 16.9. The van der Waals surface area contributed by atoms with Crippen LogP contribution in [0.15, 0.2) is 120 Å². The molecule has 0 spiro atoms. The Morgan fingerprint density at radius 2 is 1.68 bits per heavy atom. The predicted octanol–water partition coefficient (Wildman–Crippen LogP) is 6.19. The van der Waals surface area contributed by atoms with Gasteiger partial charge in [-0.25, -0.2) is 9.59 Å². The maximum atomic E-state index is 13.2. The number of hydrogen-bond donors (Lipinski definition) is 6. The Morgan fingerprint density at radius 1 is 0.889 bits per heavy atom. The summed E-state index contributed by atoms with van der Waals surface area (Å²) in [5, 5.41) is 30.5. The molecule has 5 heterocycles. The summed E-state index contributed by atoms with van der Waals surface area (Å²) < 4.78 is 17.5. The third kappa shape index (κ3) is 10.9. The lowest BCUT2D eigenvalue weighted by Gasteiger charge is -2.43. The summed E-state index contributed by atoms with van der Waals surface area (Å²) in [6.07, 6.45) is 0.666. The summed E-state index contributed by atoms with van der Waals surface area (Å²) in [7, 11) is 0. The number of thiophene rings is 1. The summed E-state index contributed by atoms with van der Waals surface area (Å²) in [6.45, 7) is 3.88. The Balaban J connectivity index is 0.762. The van der Waals surface area contributed by atoms with Gasteiger partial charge in [0, 0.05) is 36.0 Å². The molecule has 2 amide bonds. The fraction of sp³-hybridized carbons (Fsp3) is 0.292. The van der Waals surface area contributed by atoms with Crippen molar-refractivity contribution >= 4 is 40.2 Å². The standard InChI is InChI=1S/C48H49N5O9S/c54-39-16-14-37(38-15-18-43(56)51-45(38)39)40(55)27-49-26-36-13-17-42(63-36)46(57)50-21-24-60-47(58)33-11-9-30(10-12-33)29-61-35-8-4-7-34(25-35)44(32-5-2-1-3-6-32)52-48(59)62-41-28-53-22-19-31(41)20-23-53/h1-18,25,31,40-41,44,49,54-55H,19-24,26-29H2,(H,50,57)(H,51,56)(H,52,59)/t40?,41-,44?/m0/s1. The van der Waals surface area contributed by atoms with Crippen LogP contribution in [0.2, 0.25) is 0 Å². The zero-order valence-electron chi connectivity index (χ0n) is 34.5. The zero-order chi connectivity index (χ0) is 43.7. The molecule has 2 bridgehead atoms. The normalized spacial score (nSPS) is 17.7. The number of H-pyrrole nitrogens is 1. The minimum atomic E-state index is -0.909. The molecule has 3 aliphatic rings. The van der Waals surface area contributed by atoms with E-state index in [0.29, 0.717) is 39.6 Å². The molecule has 4 aromatic carbocycles. The number of aromatic hydroxyl groups is 1. The van der Waals surface area contributed by atoms with Crippen LogP contribution in [0.3, 0.4) is 0 Å². The Hall–Kier alpha value is -6.52. The zero-order valence-corrected chi connectivity index (χ0v) is 35.3. The SMILES string of the molecule is O=C(NC(c1ccccc1)c1cccc(OCc2ccc(C(=O)OCCNC(=O)c3ccc(CNCC(O)c4ccc(O)c5[nH]c(=O)ccc45)s3)cc2)c1)O[C@H]1CN2CCC1CC2. The van der Waals surface area contributed by atoms with Crippen molar-refractivity contribution in [1.82, 2.24) is 25.8 Å². The van der Waals surface area contributed by atoms with Gasteiger partial charge in [0.15, 0.2) is 0 Å². The van der Waals surface area contributed by atoms with Gasteiger partial charge >= 0.3 is 12.1 Å². The molecule has 0 radical (unpaired) electrons. The molecule has 6 aromatic rings. The van der Waals surface area contributed by atoms with E-state index in [4.69, 9.17) is 14.2 Å². The van der Waals surface area contributed by atoms with Crippen molar-refractivity contribution in [3.8, 4) is 11.5 Å². The summed E-state index contributed by atoms with van der Waals surface area (Å²) in [4.78, 5) is 56.8. The first-order chi connectivity index (χ1) is 30.7. The van der Waals surface area contributed by atoms with Gasteiger partial charge in [-0.1, -0.05) is 60.7 Å². The number of aliphatic hydroxyl groups excluding tert-OH is 1. The highest BCUT2D eigenvalue weighted by atomic mass is 32.1. The number of benzene rings is 4. The number of carbonyl (C=O) groups excluding carboxylic acids is 3. The van der Waals surface area contributed by atoms with Gasteiger partial charge in [-0.15, -0.1) is 11.3 Å². The number of fused-ring (bicyclic) bond motifs is 4. The minimum absolute atomic E-state index is 0.0143. The number of nitrogens with zero attached hydrogens (tertiary/aromatic N) is 1. The van der Waals surface area contributed by atoms with Crippen LogP contribution in [0, 0.1) is 5.92 Å². The number of nitrogens with one attached hydrogen (secondary N) is 4. The second-order valence-electron chi connectivity index (χ2n) is 15.7. The fourth-order valence-electron chi connectivity index (χ4n) is 8.09. The van der Waals surface area contributed by atoms with Gasteiger partial charge in [0.1, 0.15) is 30.8 Å². The summed E-state index contributed by atoms with van der Waals surface area (Å²) in [6, 6.07) is 33.4. The molecular weight excluding hydrogens is 823 g/mol. The second kappa shape index (κ2) is 20.1. The quantitative estimate of drug-likeness (QED) is 0.0453. The molecular formula is C48H49N5O9S. The Kier molecular flexibility index (Phi) is 13.8. The van der Waals surface area contributed by atoms with Gasteiger partial charge in [0.25, 0.3) is 5.91 Å². The number of rotatable bonds is 17. The van der Waals surface area contributed by atoms with Crippen LogP contribution >= 0.6 is 11.3 Å². The van der Waals surface area contributed by atoms with Gasteiger partial charge in [0.05, 0.1) is 34.6 Å². The molecule has 3 atom stereocenters. The number of piperidine rings is 3. The van der Waals surface area contributed by atoms with Crippen molar-refractivity contribution in [2.75, 3.05) is 39.3 Å². The van der Waals surface area contributed by atoms with Crippen molar-refractivity contribution in [2.24, 2.45) is 5.92 Å². The van der Waals surface area contributed by atoms with E-state index in [2.05, 4.69) is 25.8 Å². The van der Waals surface area contributed by atoms with E-state index >= 15 is 0 Å². The fourth-order valence-corrected chi connectivity index (χ4v) is 8.98. The number of alkyl carbamates (subject to hydrolysis) is 1. The Labute approximate surface area is 367 Å². The first-order valence-corrected chi connectivity index (χ1v) is 21.8. The van der Waals surface area contributed by atoms with Gasteiger partial charge < -0.3 is 45.4 Å². The van der Waals surface area contributed by atoms with Crippen LogP contribution in [0.1, 0.15) is 72.1 Å². The van der Waals surface area contributed by atoms with Crippen molar-refractivity contribution < 1.29 is 38.8 Å². The average molecular weight is 872 g/mol. The smallest absolute Gasteiger partial charge is 0.408 e. The van der Waals surface area contributed by atoms with Gasteiger partial charge in [-0.2, -0.15) is 0 Å². The largest absolute Gasteiger partial charge is 0.506 e. The topological polar surface area (TPSA) is 192 Å². The van der Waals surface area contributed by atoms with Crippen LogP contribution in [0.4, 0.5) is 4.79 Å². The molecule has 9 rings (SSSR count). The molecule has 6 N–H and O–H groups in total. The van der Waals surface area contributed by atoms with E-state index in [1.165, 1.54) is 23.5 Å². The highest BCUT2D eigenvalue weighted by Gasteiger charge is 2.37. The summed E-state index contributed by atoms with van der Waals surface area (Å²) in [5.74, 6) is 0.140. The molecule has 326 valence electrons. The lowest BCUT2D eigenvalue weighted by atomic mass is 9.86. The van der Waals surface area contributed by atoms with Gasteiger partial charge in [-0.3, -0.25) is 14.5 Å². The highest BCUT2D eigenvalue weighted by molar-refractivity contribution is 7.14. The minimum Gasteiger partial charge on any atom is -0.506 e.